The van der Waals surface area contributed by atoms with Gasteiger partial charge in [-0.15, -0.1) is 0 Å². The van der Waals surface area contributed by atoms with Crippen molar-refractivity contribution in [3.63, 3.8) is 0 Å². The second kappa shape index (κ2) is 6.71. The number of carbonyl (C=O) groups excluding carboxylic acids is 1. The van der Waals surface area contributed by atoms with Gasteiger partial charge in [-0.25, -0.2) is 0 Å². The first-order valence-corrected chi connectivity index (χ1v) is 7.43. The normalized spacial score (nSPS) is 10.3. The van der Waals surface area contributed by atoms with E-state index >= 15 is 0 Å². The molecule has 0 N–H and O–H groups in total. The lowest BCUT2D eigenvalue weighted by molar-refractivity contribution is 0.101. The van der Waals surface area contributed by atoms with Crippen molar-refractivity contribution in [1.29, 1.82) is 0 Å². The number of anilines is 1. The van der Waals surface area contributed by atoms with Gasteiger partial charge in [0.15, 0.2) is 5.78 Å². The highest BCUT2D eigenvalue weighted by molar-refractivity contribution is 9.10. The molecule has 0 saturated heterocycles. The van der Waals surface area contributed by atoms with E-state index in [9.17, 15) is 4.79 Å². The van der Waals surface area contributed by atoms with Crippen LogP contribution in [0.1, 0.15) is 22.8 Å². The number of benzene rings is 2. The van der Waals surface area contributed by atoms with Crippen LogP contribution in [0.25, 0.3) is 0 Å². The molecule has 0 saturated carbocycles. The molecule has 0 atom stereocenters. The molecule has 2 aromatic rings. The lowest BCUT2D eigenvalue weighted by Gasteiger charge is -2.21. The zero-order valence-corrected chi connectivity index (χ0v) is 13.4. The van der Waals surface area contributed by atoms with Crippen LogP contribution in [-0.2, 0) is 6.42 Å². The largest absolute Gasteiger partial charge is 0.373 e. The Labute approximate surface area is 128 Å². The van der Waals surface area contributed by atoms with Crippen LogP contribution in [0.5, 0.6) is 0 Å². The molecule has 0 spiro atoms. The van der Waals surface area contributed by atoms with Gasteiger partial charge >= 0.3 is 0 Å². The van der Waals surface area contributed by atoms with E-state index in [1.807, 2.05) is 24.3 Å². The summed E-state index contributed by atoms with van der Waals surface area (Å²) in [5.74, 6) is 0.0872. The van der Waals surface area contributed by atoms with E-state index in [1.165, 1.54) is 5.56 Å². The van der Waals surface area contributed by atoms with Crippen molar-refractivity contribution < 1.29 is 4.79 Å². The summed E-state index contributed by atoms with van der Waals surface area (Å²) in [6, 6.07) is 16.2. The first-order valence-electron chi connectivity index (χ1n) is 6.63. The molecule has 0 aliphatic carbocycles. The number of halogens is 1. The van der Waals surface area contributed by atoms with Crippen molar-refractivity contribution in [2.75, 3.05) is 18.5 Å². The van der Waals surface area contributed by atoms with Crippen molar-refractivity contribution in [2.24, 2.45) is 0 Å². The van der Waals surface area contributed by atoms with Crippen molar-refractivity contribution in [2.45, 2.75) is 13.3 Å². The van der Waals surface area contributed by atoms with Gasteiger partial charge in [0.25, 0.3) is 0 Å². The SMILES string of the molecule is CC(=O)c1ccc(N(C)CCc2ccccc2)c(Br)c1. The third kappa shape index (κ3) is 3.70. The third-order valence-electron chi connectivity index (χ3n) is 3.34. The van der Waals surface area contributed by atoms with Crippen LogP contribution in [0.15, 0.2) is 53.0 Å². The molecule has 2 aromatic carbocycles. The molecule has 0 amide bonds. The maximum atomic E-state index is 11.4. The van der Waals surface area contributed by atoms with Gasteiger partial charge in [0.1, 0.15) is 0 Å². The highest BCUT2D eigenvalue weighted by Crippen LogP contribution is 2.27. The molecule has 0 unspecified atom stereocenters. The quantitative estimate of drug-likeness (QED) is 0.760. The minimum Gasteiger partial charge on any atom is -0.373 e. The van der Waals surface area contributed by atoms with E-state index in [0.29, 0.717) is 0 Å². The van der Waals surface area contributed by atoms with E-state index in [2.05, 4.69) is 52.1 Å². The molecule has 0 heterocycles. The van der Waals surface area contributed by atoms with Crippen molar-refractivity contribution in [1.82, 2.24) is 0 Å². The number of carbonyl (C=O) groups is 1. The van der Waals surface area contributed by atoms with E-state index in [-0.39, 0.29) is 5.78 Å². The predicted octanol–water partition coefficient (Wildman–Crippen LogP) is 4.33. The molecule has 2 nitrogen and oxygen atoms in total. The van der Waals surface area contributed by atoms with Crippen LogP contribution in [0.2, 0.25) is 0 Å². The van der Waals surface area contributed by atoms with Crippen LogP contribution in [0.3, 0.4) is 0 Å². The number of nitrogens with zero attached hydrogens (tertiary/aromatic N) is 1. The summed E-state index contributed by atoms with van der Waals surface area (Å²) < 4.78 is 0.959. The third-order valence-corrected chi connectivity index (χ3v) is 3.98. The van der Waals surface area contributed by atoms with Crippen molar-refractivity contribution in [3.8, 4) is 0 Å². The Kier molecular flexibility index (Phi) is 4.96. The van der Waals surface area contributed by atoms with Gasteiger partial charge in [-0.05, 0) is 53.0 Å². The Hall–Kier alpha value is -1.61. The summed E-state index contributed by atoms with van der Waals surface area (Å²) >= 11 is 3.55. The lowest BCUT2D eigenvalue weighted by atomic mass is 10.1. The van der Waals surface area contributed by atoms with Gasteiger partial charge < -0.3 is 4.90 Å². The second-order valence-corrected chi connectivity index (χ2v) is 5.73. The summed E-state index contributed by atoms with van der Waals surface area (Å²) in [6.45, 7) is 2.52. The number of ketones is 1. The minimum absolute atomic E-state index is 0.0872. The lowest BCUT2D eigenvalue weighted by Crippen LogP contribution is -2.20. The fourth-order valence-corrected chi connectivity index (χ4v) is 2.78. The van der Waals surface area contributed by atoms with Gasteiger partial charge in [0.05, 0.1) is 5.69 Å². The maximum absolute atomic E-state index is 11.4. The Morgan fingerprint density at radius 1 is 1.15 bits per heavy atom. The first kappa shape index (κ1) is 14.8. The molecule has 104 valence electrons. The number of hydrogen-bond acceptors (Lipinski definition) is 2. The zero-order chi connectivity index (χ0) is 14.5. The van der Waals surface area contributed by atoms with Crippen LogP contribution in [-0.4, -0.2) is 19.4 Å². The van der Waals surface area contributed by atoms with Crippen LogP contribution >= 0.6 is 15.9 Å². The number of likely N-dealkylation sites (N-methyl/N-ethyl adjacent to an activating group) is 1. The van der Waals surface area contributed by atoms with E-state index in [4.69, 9.17) is 0 Å². The zero-order valence-electron chi connectivity index (χ0n) is 11.8. The summed E-state index contributed by atoms with van der Waals surface area (Å²) in [6.07, 6.45) is 0.998. The second-order valence-electron chi connectivity index (χ2n) is 4.88. The van der Waals surface area contributed by atoms with E-state index in [0.717, 1.165) is 28.7 Å². The predicted molar refractivity (Wildman–Crippen MR) is 87.6 cm³/mol. The molecular formula is C17H18BrNO. The molecule has 0 bridgehead atoms. The number of hydrogen-bond donors (Lipinski definition) is 0. The highest BCUT2D eigenvalue weighted by atomic mass is 79.9. The Morgan fingerprint density at radius 2 is 1.85 bits per heavy atom. The summed E-state index contributed by atoms with van der Waals surface area (Å²) in [5, 5.41) is 0. The summed E-state index contributed by atoms with van der Waals surface area (Å²) in [5.41, 5.74) is 3.17. The Balaban J connectivity index is 2.06. The van der Waals surface area contributed by atoms with Crippen molar-refractivity contribution in [3.05, 3.63) is 64.1 Å². The molecule has 2 rings (SSSR count). The van der Waals surface area contributed by atoms with Crippen LogP contribution in [0.4, 0.5) is 5.69 Å². The average Bonchev–Trinajstić information content (AvgIpc) is 2.45. The molecule has 0 aliphatic rings. The number of rotatable bonds is 5. The first-order chi connectivity index (χ1) is 9.58. The maximum Gasteiger partial charge on any atom is 0.159 e. The summed E-state index contributed by atoms with van der Waals surface area (Å²) in [7, 11) is 2.07. The molecular weight excluding hydrogens is 314 g/mol. The Morgan fingerprint density at radius 3 is 2.45 bits per heavy atom. The topological polar surface area (TPSA) is 20.3 Å². The van der Waals surface area contributed by atoms with Gasteiger partial charge in [0.2, 0.25) is 0 Å². The van der Waals surface area contributed by atoms with Gasteiger partial charge in [0, 0.05) is 23.6 Å². The molecule has 0 fully saturated rings. The number of Topliss-reactive ketones (excluding diaryl/α,β-unsaturated/α-hetero) is 1. The van der Waals surface area contributed by atoms with E-state index < -0.39 is 0 Å². The van der Waals surface area contributed by atoms with E-state index in [1.54, 1.807) is 6.92 Å². The molecule has 0 aromatic heterocycles. The fraction of sp³-hybridized carbons (Fsp3) is 0.235. The highest BCUT2D eigenvalue weighted by Gasteiger charge is 2.08. The van der Waals surface area contributed by atoms with Gasteiger partial charge in [-0.3, -0.25) is 4.79 Å². The monoisotopic (exact) mass is 331 g/mol. The average molecular weight is 332 g/mol. The van der Waals surface area contributed by atoms with Gasteiger partial charge in [-0.2, -0.15) is 0 Å². The molecule has 0 radical (unpaired) electrons. The fourth-order valence-electron chi connectivity index (χ4n) is 2.10. The van der Waals surface area contributed by atoms with Crippen LogP contribution in [0, 0.1) is 0 Å². The Bertz CT molecular complexity index is 595. The van der Waals surface area contributed by atoms with Gasteiger partial charge in [-0.1, -0.05) is 30.3 Å². The molecule has 3 heteroatoms. The summed E-state index contributed by atoms with van der Waals surface area (Å²) in [4.78, 5) is 13.6. The van der Waals surface area contributed by atoms with Crippen LogP contribution < -0.4 is 4.90 Å². The van der Waals surface area contributed by atoms with Crippen molar-refractivity contribution >= 4 is 27.4 Å². The smallest absolute Gasteiger partial charge is 0.159 e. The standard InChI is InChI=1S/C17H18BrNO/c1-13(20)15-8-9-17(16(18)12-15)19(2)11-10-14-6-4-3-5-7-14/h3-9,12H,10-11H2,1-2H3. The minimum atomic E-state index is 0.0872. The molecule has 20 heavy (non-hydrogen) atoms. The molecule has 0 aliphatic heterocycles.